The minimum Gasteiger partial charge on any atom is -0.317 e. The predicted octanol–water partition coefficient (Wildman–Crippen LogP) is 4.25. The molecule has 5 nitrogen and oxygen atoms in total. The summed E-state index contributed by atoms with van der Waals surface area (Å²) >= 11 is 1.74. The smallest absolute Gasteiger partial charge is 0.118 e. The molecule has 4 heterocycles. The molecule has 25 heavy (non-hydrogen) atoms. The number of benzene rings is 1. The number of thiophene rings is 1. The molecule has 0 saturated carbocycles. The first kappa shape index (κ1) is 16.3. The molecule has 1 saturated heterocycles. The van der Waals surface area contributed by atoms with Crippen LogP contribution >= 0.6 is 11.3 Å². The fraction of sp³-hybridized carbons (Fsp3) is 0.368. The lowest BCUT2D eigenvalue weighted by Crippen LogP contribution is -2.21. The van der Waals surface area contributed by atoms with E-state index in [2.05, 4.69) is 51.9 Å². The Bertz CT molecular complexity index is 950. The van der Waals surface area contributed by atoms with Crippen molar-refractivity contribution in [2.75, 3.05) is 13.1 Å². The lowest BCUT2D eigenvalue weighted by Gasteiger charge is -2.08. The number of rotatable bonds is 1. The summed E-state index contributed by atoms with van der Waals surface area (Å²) in [4.78, 5) is 2.39. The van der Waals surface area contributed by atoms with E-state index in [-0.39, 0.29) is 0 Å². The second kappa shape index (κ2) is 6.98. The summed E-state index contributed by atoms with van der Waals surface area (Å²) in [5.41, 5.74) is 3.53. The van der Waals surface area contributed by atoms with E-state index in [9.17, 15) is 0 Å². The predicted molar refractivity (Wildman–Crippen MR) is 105 cm³/mol. The molecular weight excluding hydrogens is 330 g/mol. The molecule has 130 valence electrons. The molecule has 4 aromatic rings. The fourth-order valence-corrected chi connectivity index (χ4v) is 4.23. The Kier molecular flexibility index (Phi) is 4.55. The van der Waals surface area contributed by atoms with Gasteiger partial charge in [-0.2, -0.15) is 10.2 Å². The van der Waals surface area contributed by atoms with E-state index in [1.165, 1.54) is 59.1 Å². The molecule has 0 radical (unpaired) electrons. The summed E-state index contributed by atoms with van der Waals surface area (Å²) < 4.78 is 1.87. The molecule has 0 unspecified atom stereocenters. The van der Waals surface area contributed by atoms with Gasteiger partial charge in [0.2, 0.25) is 0 Å². The molecule has 1 aliphatic rings. The Morgan fingerprint density at radius 3 is 2.60 bits per heavy atom. The van der Waals surface area contributed by atoms with Crippen LogP contribution in [0.15, 0.2) is 30.6 Å². The molecule has 0 atom stereocenters. The zero-order valence-corrected chi connectivity index (χ0v) is 15.5. The number of nitrogens with zero attached hydrogens (tertiary/aromatic N) is 3. The summed E-state index contributed by atoms with van der Waals surface area (Å²) in [5.74, 6) is 0. The molecule has 0 amide bonds. The largest absolute Gasteiger partial charge is 0.317 e. The molecule has 1 aromatic carbocycles. The van der Waals surface area contributed by atoms with Crippen molar-refractivity contribution in [2.45, 2.75) is 26.2 Å². The van der Waals surface area contributed by atoms with Crippen LogP contribution in [0.2, 0.25) is 0 Å². The topological polar surface area (TPSA) is 58.5 Å². The number of fused-ring (bicyclic) bond motifs is 2. The monoisotopic (exact) mass is 353 g/mol. The second-order valence-corrected chi connectivity index (χ2v) is 7.66. The van der Waals surface area contributed by atoms with E-state index in [4.69, 9.17) is 0 Å². The van der Waals surface area contributed by atoms with E-state index in [0.29, 0.717) is 0 Å². The van der Waals surface area contributed by atoms with Crippen LogP contribution in [0.5, 0.6) is 0 Å². The van der Waals surface area contributed by atoms with Crippen LogP contribution in [-0.4, -0.2) is 33.1 Å². The highest BCUT2D eigenvalue weighted by Crippen LogP contribution is 2.34. The van der Waals surface area contributed by atoms with Gasteiger partial charge in [-0.1, -0.05) is 6.42 Å². The third-order valence-corrected chi connectivity index (χ3v) is 5.64. The normalized spacial score (nSPS) is 14.6. The number of nitrogens with one attached hydrogen (secondary N) is 2. The van der Waals surface area contributed by atoms with Gasteiger partial charge in [0.05, 0.1) is 11.7 Å². The van der Waals surface area contributed by atoms with Gasteiger partial charge >= 0.3 is 0 Å². The van der Waals surface area contributed by atoms with Gasteiger partial charge in [-0.3, -0.25) is 9.78 Å². The van der Waals surface area contributed by atoms with E-state index in [1.807, 2.05) is 17.9 Å². The lowest BCUT2D eigenvalue weighted by atomic mass is 10.1. The molecule has 0 spiro atoms. The maximum atomic E-state index is 4.48. The fourth-order valence-electron chi connectivity index (χ4n) is 3.26. The van der Waals surface area contributed by atoms with E-state index < -0.39 is 0 Å². The van der Waals surface area contributed by atoms with E-state index in [0.717, 1.165) is 10.3 Å². The van der Waals surface area contributed by atoms with Crippen molar-refractivity contribution < 1.29 is 0 Å². The third kappa shape index (κ3) is 3.45. The summed E-state index contributed by atoms with van der Waals surface area (Å²) in [6.45, 7) is 4.61. The molecule has 1 aliphatic heterocycles. The van der Waals surface area contributed by atoms with Crippen LogP contribution in [-0.2, 0) is 7.05 Å². The number of aryl methyl sites for hydroxylation is 2. The van der Waals surface area contributed by atoms with Gasteiger partial charge in [-0.15, -0.1) is 11.3 Å². The van der Waals surface area contributed by atoms with Crippen LogP contribution < -0.4 is 5.32 Å². The molecule has 0 bridgehead atoms. The number of aromatic amines is 1. The van der Waals surface area contributed by atoms with Crippen molar-refractivity contribution >= 4 is 32.5 Å². The van der Waals surface area contributed by atoms with Gasteiger partial charge in [0, 0.05) is 28.9 Å². The highest BCUT2D eigenvalue weighted by molar-refractivity contribution is 7.21. The first-order valence-corrected chi connectivity index (χ1v) is 9.60. The molecule has 5 rings (SSSR count). The van der Waals surface area contributed by atoms with Crippen LogP contribution in [0.1, 0.15) is 24.8 Å². The third-order valence-electron chi connectivity index (χ3n) is 4.54. The van der Waals surface area contributed by atoms with Gasteiger partial charge < -0.3 is 5.32 Å². The standard InChI is InChI=1S/C14H12N4S.C5H11N/c1-8-3-9(4-11-7-18(2)17-13(8)11)12-5-10-6-15-16-14(10)19-12;1-2-4-6-5-3-1/h3-7H,1-2H3,(H,15,16);6H,1-5H2. The number of aromatic nitrogens is 4. The van der Waals surface area contributed by atoms with Gasteiger partial charge in [0.25, 0.3) is 0 Å². The SMILES string of the molecule is C1CCNCC1.Cc1cc(-c2cc3cn[nH]c3s2)cc2cn(C)nc12. The van der Waals surface area contributed by atoms with Gasteiger partial charge in [0.1, 0.15) is 4.83 Å². The zero-order valence-electron chi connectivity index (χ0n) is 14.7. The van der Waals surface area contributed by atoms with Crippen molar-refractivity contribution in [2.24, 2.45) is 7.05 Å². The maximum Gasteiger partial charge on any atom is 0.118 e. The highest BCUT2D eigenvalue weighted by Gasteiger charge is 2.09. The van der Waals surface area contributed by atoms with Gasteiger partial charge in [-0.25, -0.2) is 0 Å². The zero-order chi connectivity index (χ0) is 17.2. The minimum absolute atomic E-state index is 1.08. The van der Waals surface area contributed by atoms with Crippen LogP contribution in [0.25, 0.3) is 31.6 Å². The summed E-state index contributed by atoms with van der Waals surface area (Å²) in [6, 6.07) is 6.58. The molecular formula is C19H23N5S. The number of H-pyrrole nitrogens is 1. The summed E-state index contributed by atoms with van der Waals surface area (Å²) in [6.07, 6.45) is 8.14. The lowest BCUT2D eigenvalue weighted by molar-refractivity contribution is 0.520. The molecule has 2 N–H and O–H groups in total. The van der Waals surface area contributed by atoms with E-state index >= 15 is 0 Å². The average molecular weight is 353 g/mol. The number of hydrogen-bond donors (Lipinski definition) is 2. The first-order chi connectivity index (χ1) is 12.2. The highest BCUT2D eigenvalue weighted by atomic mass is 32.1. The molecule has 6 heteroatoms. The van der Waals surface area contributed by atoms with Crippen molar-refractivity contribution in [3.05, 3.63) is 36.2 Å². The Labute approximate surface area is 151 Å². The average Bonchev–Trinajstić information content (AvgIpc) is 3.30. The van der Waals surface area contributed by atoms with Crippen molar-refractivity contribution in [3.63, 3.8) is 0 Å². The Balaban J connectivity index is 0.000000223. The van der Waals surface area contributed by atoms with Crippen molar-refractivity contribution in [3.8, 4) is 10.4 Å². The summed E-state index contributed by atoms with van der Waals surface area (Å²) in [7, 11) is 1.96. The van der Waals surface area contributed by atoms with Crippen molar-refractivity contribution in [1.29, 1.82) is 0 Å². The minimum atomic E-state index is 1.08. The maximum absolute atomic E-state index is 4.48. The van der Waals surface area contributed by atoms with Crippen LogP contribution in [0.4, 0.5) is 0 Å². The van der Waals surface area contributed by atoms with Gasteiger partial charge in [0.15, 0.2) is 0 Å². The second-order valence-electron chi connectivity index (χ2n) is 6.61. The molecule has 1 fully saturated rings. The van der Waals surface area contributed by atoms with Gasteiger partial charge in [-0.05, 0) is 62.2 Å². The van der Waals surface area contributed by atoms with Crippen LogP contribution in [0, 0.1) is 6.92 Å². The van der Waals surface area contributed by atoms with E-state index in [1.54, 1.807) is 11.3 Å². The number of hydrogen-bond acceptors (Lipinski definition) is 4. The quantitative estimate of drug-likeness (QED) is 0.538. The Morgan fingerprint density at radius 2 is 1.92 bits per heavy atom. The van der Waals surface area contributed by atoms with Crippen molar-refractivity contribution in [1.82, 2.24) is 25.3 Å². The number of piperidine rings is 1. The molecule has 0 aliphatic carbocycles. The first-order valence-electron chi connectivity index (χ1n) is 8.79. The Hall–Kier alpha value is -2.18. The summed E-state index contributed by atoms with van der Waals surface area (Å²) in [5, 5.41) is 17.2. The molecule has 3 aromatic heterocycles. The Morgan fingerprint density at radius 1 is 1.08 bits per heavy atom. The van der Waals surface area contributed by atoms with Crippen LogP contribution in [0.3, 0.4) is 0 Å².